The predicted octanol–water partition coefficient (Wildman–Crippen LogP) is 4.19. The summed E-state index contributed by atoms with van der Waals surface area (Å²) in [5.74, 6) is -0.376. The van der Waals surface area contributed by atoms with Crippen molar-refractivity contribution in [2.45, 2.75) is 91.3 Å². The lowest BCUT2D eigenvalue weighted by atomic mass is 9.80. The fourth-order valence-electron chi connectivity index (χ4n) is 4.87. The Labute approximate surface area is 146 Å². The summed E-state index contributed by atoms with van der Waals surface area (Å²) < 4.78 is 13.7. The molecule has 3 nitrogen and oxygen atoms in total. The van der Waals surface area contributed by atoms with E-state index in [4.69, 9.17) is 0 Å². The number of hydrogen-bond acceptors (Lipinski definition) is 2. The summed E-state index contributed by atoms with van der Waals surface area (Å²) >= 11 is 0. The summed E-state index contributed by atoms with van der Waals surface area (Å²) in [7, 11) is 0. The lowest BCUT2D eigenvalue weighted by molar-refractivity contribution is -0.117. The van der Waals surface area contributed by atoms with E-state index in [0.717, 1.165) is 19.3 Å². The molecule has 3 atom stereocenters. The normalized spacial score (nSPS) is 33.8. The first-order valence-electron chi connectivity index (χ1n) is 9.40. The SMILES string of the molecule is CC(C)(C)C1C[C@@]2(CNC(=O)C3=C(F)CCC3)C[C@H]2N1C(C)(C)C. The highest BCUT2D eigenvalue weighted by atomic mass is 19.1. The van der Waals surface area contributed by atoms with E-state index in [1.165, 1.54) is 0 Å². The van der Waals surface area contributed by atoms with Gasteiger partial charge in [-0.05, 0) is 58.3 Å². The number of hydrogen-bond donors (Lipinski definition) is 1. The van der Waals surface area contributed by atoms with Crippen LogP contribution in [0, 0.1) is 10.8 Å². The maximum absolute atomic E-state index is 13.7. The predicted molar refractivity (Wildman–Crippen MR) is 95.3 cm³/mol. The van der Waals surface area contributed by atoms with Crippen molar-refractivity contribution >= 4 is 5.91 Å². The van der Waals surface area contributed by atoms with Crippen molar-refractivity contribution in [2.75, 3.05) is 6.54 Å². The largest absolute Gasteiger partial charge is 0.352 e. The van der Waals surface area contributed by atoms with Crippen molar-refractivity contribution in [1.82, 2.24) is 10.2 Å². The molecule has 1 heterocycles. The lowest BCUT2D eigenvalue weighted by Crippen LogP contribution is -2.51. The molecule has 0 bridgehead atoms. The van der Waals surface area contributed by atoms with Gasteiger partial charge in [0.25, 0.3) is 0 Å². The number of nitrogens with one attached hydrogen (secondary N) is 1. The molecule has 2 fully saturated rings. The molecule has 1 aliphatic heterocycles. The molecule has 1 unspecified atom stereocenters. The number of carbonyl (C=O) groups is 1. The molecule has 0 aromatic carbocycles. The van der Waals surface area contributed by atoms with E-state index in [9.17, 15) is 9.18 Å². The van der Waals surface area contributed by atoms with Gasteiger partial charge in [-0.15, -0.1) is 0 Å². The Balaban J connectivity index is 1.70. The van der Waals surface area contributed by atoms with E-state index in [1.807, 2.05) is 0 Å². The van der Waals surface area contributed by atoms with Gasteiger partial charge in [0.05, 0.1) is 0 Å². The molecule has 2 aliphatic carbocycles. The topological polar surface area (TPSA) is 32.3 Å². The molecule has 1 saturated heterocycles. The molecule has 0 radical (unpaired) electrons. The zero-order chi connectivity index (χ0) is 17.9. The number of likely N-dealkylation sites (tertiary alicyclic amines) is 1. The molecular formula is C20H33FN2O. The first-order chi connectivity index (χ1) is 11.0. The molecule has 136 valence electrons. The molecule has 1 N–H and O–H groups in total. The summed E-state index contributed by atoms with van der Waals surface area (Å²) in [6, 6.07) is 1.07. The van der Waals surface area contributed by atoms with Gasteiger partial charge >= 0.3 is 0 Å². The molecule has 3 aliphatic rings. The Kier molecular flexibility index (Phi) is 4.14. The van der Waals surface area contributed by atoms with Crippen LogP contribution >= 0.6 is 0 Å². The number of rotatable bonds is 3. The number of carbonyl (C=O) groups excluding carboxylic acids is 1. The Morgan fingerprint density at radius 1 is 1.21 bits per heavy atom. The standard InChI is InChI=1S/C20H33FN2O/c1-18(2,3)15-10-20(11-16(20)23(15)19(4,5)6)12-22-17(24)13-8-7-9-14(13)21/h15-16H,7-12H2,1-6H3,(H,22,24)/t15?,16-,20+/m1/s1. The summed E-state index contributed by atoms with van der Waals surface area (Å²) in [6.07, 6.45) is 4.07. The number of halogens is 1. The van der Waals surface area contributed by atoms with Gasteiger partial charge in [-0.25, -0.2) is 4.39 Å². The van der Waals surface area contributed by atoms with Crippen LogP contribution in [0.25, 0.3) is 0 Å². The lowest BCUT2D eigenvalue weighted by Gasteiger charge is -2.45. The van der Waals surface area contributed by atoms with Crippen molar-refractivity contribution in [2.24, 2.45) is 10.8 Å². The van der Waals surface area contributed by atoms with Crippen molar-refractivity contribution < 1.29 is 9.18 Å². The number of nitrogens with zero attached hydrogens (tertiary/aromatic N) is 1. The molecule has 4 heteroatoms. The minimum absolute atomic E-state index is 0.130. The van der Waals surface area contributed by atoms with E-state index in [-0.39, 0.29) is 28.1 Å². The van der Waals surface area contributed by atoms with Gasteiger partial charge in [-0.1, -0.05) is 20.8 Å². The first-order valence-corrected chi connectivity index (χ1v) is 9.40. The zero-order valence-corrected chi connectivity index (χ0v) is 16.1. The van der Waals surface area contributed by atoms with Crippen LogP contribution in [0.15, 0.2) is 11.4 Å². The maximum Gasteiger partial charge on any atom is 0.249 e. The molecular weight excluding hydrogens is 303 g/mol. The fraction of sp³-hybridized carbons (Fsp3) is 0.850. The van der Waals surface area contributed by atoms with Crippen LogP contribution in [0.3, 0.4) is 0 Å². The smallest absolute Gasteiger partial charge is 0.249 e. The number of piperidine rings is 1. The average Bonchev–Trinajstić information content (AvgIpc) is 2.79. The fourth-order valence-corrected chi connectivity index (χ4v) is 4.87. The number of fused-ring (bicyclic) bond motifs is 1. The van der Waals surface area contributed by atoms with Gasteiger partial charge < -0.3 is 5.32 Å². The second-order valence-corrected chi connectivity index (χ2v) is 10.2. The molecule has 24 heavy (non-hydrogen) atoms. The highest BCUT2D eigenvalue weighted by molar-refractivity contribution is 5.94. The van der Waals surface area contributed by atoms with E-state index in [0.29, 0.717) is 37.0 Å². The highest BCUT2D eigenvalue weighted by Gasteiger charge is 2.67. The molecule has 0 aromatic heterocycles. The second-order valence-electron chi connectivity index (χ2n) is 10.2. The minimum Gasteiger partial charge on any atom is -0.352 e. The Hall–Kier alpha value is -0.900. The van der Waals surface area contributed by atoms with Gasteiger partial charge in [0.15, 0.2) is 0 Å². The van der Waals surface area contributed by atoms with E-state index < -0.39 is 0 Å². The monoisotopic (exact) mass is 336 g/mol. The zero-order valence-electron chi connectivity index (χ0n) is 16.1. The van der Waals surface area contributed by atoms with Crippen molar-refractivity contribution in [3.8, 4) is 0 Å². The average molecular weight is 336 g/mol. The maximum atomic E-state index is 13.7. The van der Waals surface area contributed by atoms with Crippen LogP contribution in [0.1, 0.15) is 73.6 Å². The Morgan fingerprint density at radius 3 is 2.33 bits per heavy atom. The Morgan fingerprint density at radius 2 is 1.88 bits per heavy atom. The third-order valence-corrected chi connectivity index (χ3v) is 6.22. The van der Waals surface area contributed by atoms with Gasteiger partial charge in [-0.2, -0.15) is 0 Å². The third kappa shape index (κ3) is 3.02. The van der Waals surface area contributed by atoms with Gasteiger partial charge in [-0.3, -0.25) is 9.69 Å². The first kappa shape index (κ1) is 17.9. The highest BCUT2D eigenvalue weighted by Crippen LogP contribution is 2.63. The van der Waals surface area contributed by atoms with Crippen LogP contribution in [-0.2, 0) is 4.79 Å². The molecule has 1 amide bonds. The van der Waals surface area contributed by atoms with Gasteiger partial charge in [0.1, 0.15) is 5.83 Å². The molecule has 1 saturated carbocycles. The molecule has 0 aromatic rings. The second kappa shape index (κ2) is 5.55. The molecule has 0 spiro atoms. The van der Waals surface area contributed by atoms with Crippen LogP contribution in [0.2, 0.25) is 0 Å². The van der Waals surface area contributed by atoms with Crippen LogP contribution in [0.5, 0.6) is 0 Å². The summed E-state index contributed by atoms with van der Waals surface area (Å²) in [5, 5.41) is 3.06. The van der Waals surface area contributed by atoms with Crippen molar-refractivity contribution in [1.29, 1.82) is 0 Å². The molecule has 3 rings (SSSR count). The van der Waals surface area contributed by atoms with Crippen LogP contribution < -0.4 is 5.32 Å². The third-order valence-electron chi connectivity index (χ3n) is 6.22. The summed E-state index contributed by atoms with van der Waals surface area (Å²) in [6.45, 7) is 14.5. The van der Waals surface area contributed by atoms with Crippen molar-refractivity contribution in [3.05, 3.63) is 11.4 Å². The Bertz CT molecular complexity index is 569. The summed E-state index contributed by atoms with van der Waals surface area (Å²) in [5.41, 5.74) is 0.931. The van der Waals surface area contributed by atoms with Crippen molar-refractivity contribution in [3.63, 3.8) is 0 Å². The minimum atomic E-state index is -0.201. The number of amides is 1. The van der Waals surface area contributed by atoms with Crippen LogP contribution in [0.4, 0.5) is 4.39 Å². The van der Waals surface area contributed by atoms with Crippen LogP contribution in [-0.4, -0.2) is 35.0 Å². The quantitative estimate of drug-likeness (QED) is 0.838. The van der Waals surface area contributed by atoms with Gasteiger partial charge in [0, 0.05) is 35.2 Å². The van der Waals surface area contributed by atoms with Gasteiger partial charge in [0.2, 0.25) is 5.91 Å². The van der Waals surface area contributed by atoms with E-state index >= 15 is 0 Å². The summed E-state index contributed by atoms with van der Waals surface area (Å²) in [4.78, 5) is 15.0. The van der Waals surface area contributed by atoms with E-state index in [1.54, 1.807) is 0 Å². The van der Waals surface area contributed by atoms with E-state index in [2.05, 4.69) is 51.8 Å². The number of allylic oxidation sites excluding steroid dienone is 1.